The molecule has 0 amide bonds. The summed E-state index contributed by atoms with van der Waals surface area (Å²) in [6.45, 7) is 10.8. The van der Waals surface area contributed by atoms with E-state index in [1.54, 1.807) is 0 Å². The van der Waals surface area contributed by atoms with Crippen molar-refractivity contribution in [2.75, 3.05) is 0 Å². The van der Waals surface area contributed by atoms with Gasteiger partial charge < -0.3 is 0 Å². The number of hydrogen-bond acceptors (Lipinski definition) is 1. The van der Waals surface area contributed by atoms with Crippen LogP contribution in [0.4, 0.5) is 0 Å². The molecule has 0 saturated heterocycles. The lowest BCUT2D eigenvalue weighted by atomic mass is 9.93. The number of rotatable bonds is 1. The predicted molar refractivity (Wildman–Crippen MR) is 71.7 cm³/mol. The summed E-state index contributed by atoms with van der Waals surface area (Å²) in [6.07, 6.45) is 2.05. The maximum absolute atomic E-state index is 4.69. The zero-order valence-corrected chi connectivity index (χ0v) is 11.3. The summed E-state index contributed by atoms with van der Waals surface area (Å²) in [5.41, 5.74) is 4.94. The van der Waals surface area contributed by atoms with E-state index in [-0.39, 0.29) is 5.41 Å². The standard InChI is InChI=1S/C15H20N2/c1-11-7-6-8-12(2)14(11)17-10-9-13(16-17)15(3,4)5/h6-10H,1-5H3. The molecule has 0 N–H and O–H groups in total. The van der Waals surface area contributed by atoms with Crippen LogP contribution in [0.25, 0.3) is 5.69 Å². The van der Waals surface area contributed by atoms with E-state index in [1.807, 2.05) is 4.68 Å². The summed E-state index contributed by atoms with van der Waals surface area (Å²) in [5.74, 6) is 0. The van der Waals surface area contributed by atoms with Crippen molar-refractivity contribution in [2.24, 2.45) is 0 Å². The van der Waals surface area contributed by atoms with Crippen molar-refractivity contribution in [3.8, 4) is 5.69 Å². The van der Waals surface area contributed by atoms with E-state index >= 15 is 0 Å². The van der Waals surface area contributed by atoms with Gasteiger partial charge in [-0.05, 0) is 31.0 Å². The summed E-state index contributed by atoms with van der Waals surface area (Å²) < 4.78 is 1.99. The summed E-state index contributed by atoms with van der Waals surface area (Å²) >= 11 is 0. The molecule has 2 aromatic rings. The molecular weight excluding hydrogens is 208 g/mol. The number of benzene rings is 1. The van der Waals surface area contributed by atoms with Crippen LogP contribution in [0.2, 0.25) is 0 Å². The van der Waals surface area contributed by atoms with Crippen molar-refractivity contribution in [2.45, 2.75) is 40.0 Å². The van der Waals surface area contributed by atoms with Crippen molar-refractivity contribution in [3.05, 3.63) is 47.3 Å². The topological polar surface area (TPSA) is 17.8 Å². The molecule has 2 nitrogen and oxygen atoms in total. The molecule has 0 aliphatic rings. The van der Waals surface area contributed by atoms with Crippen LogP contribution in [-0.4, -0.2) is 9.78 Å². The summed E-state index contributed by atoms with van der Waals surface area (Å²) in [7, 11) is 0. The monoisotopic (exact) mass is 228 g/mol. The Kier molecular flexibility index (Phi) is 2.82. The third-order valence-corrected chi connectivity index (χ3v) is 3.03. The predicted octanol–water partition coefficient (Wildman–Crippen LogP) is 3.79. The Hall–Kier alpha value is -1.57. The van der Waals surface area contributed by atoms with Gasteiger partial charge in [0.05, 0.1) is 11.4 Å². The molecule has 0 aliphatic carbocycles. The minimum Gasteiger partial charge on any atom is -0.240 e. The minimum absolute atomic E-state index is 0.0990. The van der Waals surface area contributed by atoms with Crippen LogP contribution in [0.15, 0.2) is 30.5 Å². The van der Waals surface area contributed by atoms with Gasteiger partial charge in [0.15, 0.2) is 0 Å². The Bertz CT molecular complexity index is 510. The molecular formula is C15H20N2. The van der Waals surface area contributed by atoms with E-state index in [4.69, 9.17) is 5.10 Å². The maximum Gasteiger partial charge on any atom is 0.0703 e. The lowest BCUT2D eigenvalue weighted by molar-refractivity contribution is 0.560. The molecule has 0 fully saturated rings. The largest absolute Gasteiger partial charge is 0.240 e. The first kappa shape index (κ1) is 11.9. The Balaban J connectivity index is 2.51. The SMILES string of the molecule is Cc1cccc(C)c1-n1ccc(C(C)(C)C)n1. The molecule has 1 heterocycles. The molecule has 2 rings (SSSR count). The number of hydrogen-bond donors (Lipinski definition) is 0. The molecule has 0 saturated carbocycles. The van der Waals surface area contributed by atoms with Crippen molar-refractivity contribution in [1.29, 1.82) is 0 Å². The summed E-state index contributed by atoms with van der Waals surface area (Å²) in [5, 5.41) is 4.69. The van der Waals surface area contributed by atoms with Gasteiger partial charge in [-0.1, -0.05) is 39.0 Å². The van der Waals surface area contributed by atoms with Crippen molar-refractivity contribution in [1.82, 2.24) is 9.78 Å². The van der Waals surface area contributed by atoms with Gasteiger partial charge in [-0.25, -0.2) is 4.68 Å². The first-order valence-corrected chi connectivity index (χ1v) is 6.02. The molecule has 0 bridgehead atoms. The fraction of sp³-hybridized carbons (Fsp3) is 0.400. The average Bonchev–Trinajstić information content (AvgIpc) is 2.65. The molecule has 17 heavy (non-hydrogen) atoms. The van der Waals surface area contributed by atoms with Crippen molar-refractivity contribution < 1.29 is 0 Å². The fourth-order valence-corrected chi connectivity index (χ4v) is 2.02. The average molecular weight is 228 g/mol. The second kappa shape index (κ2) is 4.02. The Morgan fingerprint density at radius 3 is 2.06 bits per heavy atom. The van der Waals surface area contributed by atoms with Gasteiger partial charge in [0.1, 0.15) is 0 Å². The van der Waals surface area contributed by atoms with Crippen LogP contribution >= 0.6 is 0 Å². The second-order valence-electron chi connectivity index (χ2n) is 5.64. The molecule has 2 heteroatoms. The molecule has 0 aliphatic heterocycles. The zero-order valence-electron chi connectivity index (χ0n) is 11.3. The Labute approximate surface area is 103 Å². The lowest BCUT2D eigenvalue weighted by Crippen LogP contribution is -2.13. The highest BCUT2D eigenvalue weighted by atomic mass is 15.3. The van der Waals surface area contributed by atoms with Crippen molar-refractivity contribution in [3.63, 3.8) is 0 Å². The quantitative estimate of drug-likeness (QED) is 0.726. The van der Waals surface area contributed by atoms with E-state index in [1.165, 1.54) is 16.8 Å². The molecule has 0 spiro atoms. The molecule has 0 atom stereocenters. The van der Waals surface area contributed by atoms with Gasteiger partial charge in [-0.3, -0.25) is 0 Å². The van der Waals surface area contributed by atoms with Gasteiger partial charge in [0.2, 0.25) is 0 Å². The van der Waals surface area contributed by atoms with Crippen LogP contribution in [0.1, 0.15) is 37.6 Å². The fourth-order valence-electron chi connectivity index (χ4n) is 2.02. The van der Waals surface area contributed by atoms with E-state index in [9.17, 15) is 0 Å². The highest BCUT2D eigenvalue weighted by molar-refractivity contribution is 5.46. The molecule has 90 valence electrons. The number of aromatic nitrogens is 2. The van der Waals surface area contributed by atoms with E-state index in [2.05, 4.69) is 65.1 Å². The van der Waals surface area contributed by atoms with Gasteiger partial charge in [-0.15, -0.1) is 0 Å². The lowest BCUT2D eigenvalue weighted by Gasteiger charge is -2.15. The maximum atomic E-state index is 4.69. The number of aryl methyl sites for hydroxylation is 2. The van der Waals surface area contributed by atoms with Crippen molar-refractivity contribution >= 4 is 0 Å². The van der Waals surface area contributed by atoms with Gasteiger partial charge >= 0.3 is 0 Å². The molecule has 0 radical (unpaired) electrons. The molecule has 1 aromatic carbocycles. The highest BCUT2D eigenvalue weighted by Gasteiger charge is 2.17. The normalized spacial score (nSPS) is 11.8. The van der Waals surface area contributed by atoms with E-state index in [0.717, 1.165) is 5.69 Å². The highest BCUT2D eigenvalue weighted by Crippen LogP contribution is 2.23. The third-order valence-electron chi connectivity index (χ3n) is 3.03. The van der Waals surface area contributed by atoms with Crippen LogP contribution in [0.5, 0.6) is 0 Å². The van der Waals surface area contributed by atoms with Gasteiger partial charge in [0, 0.05) is 11.6 Å². The first-order valence-electron chi connectivity index (χ1n) is 6.02. The Morgan fingerprint density at radius 1 is 1.00 bits per heavy atom. The van der Waals surface area contributed by atoms with Gasteiger partial charge in [0.25, 0.3) is 0 Å². The first-order chi connectivity index (χ1) is 7.89. The third kappa shape index (κ3) is 2.26. The van der Waals surface area contributed by atoms with E-state index < -0.39 is 0 Å². The second-order valence-corrected chi connectivity index (χ2v) is 5.64. The van der Waals surface area contributed by atoms with Crippen LogP contribution in [-0.2, 0) is 5.41 Å². The molecule has 1 aromatic heterocycles. The number of nitrogens with zero attached hydrogens (tertiary/aromatic N) is 2. The van der Waals surface area contributed by atoms with Crippen LogP contribution < -0.4 is 0 Å². The number of para-hydroxylation sites is 1. The zero-order chi connectivity index (χ0) is 12.6. The Morgan fingerprint density at radius 2 is 1.59 bits per heavy atom. The smallest absolute Gasteiger partial charge is 0.0703 e. The van der Waals surface area contributed by atoms with E-state index in [0.29, 0.717) is 0 Å². The van der Waals surface area contributed by atoms with Gasteiger partial charge in [-0.2, -0.15) is 5.10 Å². The van der Waals surface area contributed by atoms with Crippen LogP contribution in [0, 0.1) is 13.8 Å². The summed E-state index contributed by atoms with van der Waals surface area (Å²) in [4.78, 5) is 0. The minimum atomic E-state index is 0.0990. The van der Waals surface area contributed by atoms with Crippen LogP contribution in [0.3, 0.4) is 0 Å². The summed E-state index contributed by atoms with van der Waals surface area (Å²) in [6, 6.07) is 8.44. The molecule has 0 unspecified atom stereocenters.